The highest BCUT2D eigenvalue weighted by molar-refractivity contribution is 5.85. The molecule has 0 aromatic rings. The van der Waals surface area contributed by atoms with Gasteiger partial charge in [0.2, 0.25) is 0 Å². The summed E-state index contributed by atoms with van der Waals surface area (Å²) < 4.78 is 0. The van der Waals surface area contributed by atoms with E-state index in [1.165, 1.54) is 19.3 Å². The third-order valence-corrected chi connectivity index (χ3v) is 2.82. The fourth-order valence-corrected chi connectivity index (χ4v) is 2.59. The number of aliphatic hydroxyl groups is 1. The van der Waals surface area contributed by atoms with Crippen molar-refractivity contribution in [2.45, 2.75) is 31.2 Å². The second kappa shape index (κ2) is 2.10. The van der Waals surface area contributed by atoms with Crippen molar-refractivity contribution in [3.63, 3.8) is 0 Å². The van der Waals surface area contributed by atoms with Crippen LogP contribution in [0.5, 0.6) is 0 Å². The zero-order valence-corrected chi connectivity index (χ0v) is 6.78. The van der Waals surface area contributed by atoms with E-state index in [1.54, 1.807) is 0 Å². The Kier molecular flexibility index (Phi) is 1.74. The van der Waals surface area contributed by atoms with E-state index in [0.29, 0.717) is 12.0 Å². The topological polar surface area (TPSA) is 46.2 Å². The van der Waals surface area contributed by atoms with Crippen LogP contribution in [0.25, 0.3) is 0 Å². The largest absolute Gasteiger partial charge is 0.396 e. The van der Waals surface area contributed by atoms with E-state index in [9.17, 15) is 0 Å². The van der Waals surface area contributed by atoms with Crippen LogP contribution in [0.2, 0.25) is 0 Å². The lowest BCUT2D eigenvalue weighted by Gasteiger charge is -2.69. The van der Waals surface area contributed by atoms with Crippen molar-refractivity contribution in [3.05, 3.63) is 0 Å². The lowest BCUT2D eigenvalue weighted by atomic mass is 9.39. The van der Waals surface area contributed by atoms with E-state index in [1.807, 2.05) is 0 Å². The molecule has 3 fully saturated rings. The van der Waals surface area contributed by atoms with Gasteiger partial charge in [0.1, 0.15) is 0 Å². The van der Waals surface area contributed by atoms with Gasteiger partial charge in [0.15, 0.2) is 0 Å². The Morgan fingerprint density at radius 1 is 1.30 bits per heavy atom. The Labute approximate surface area is 67.2 Å². The Morgan fingerprint density at radius 2 is 1.80 bits per heavy atom. The molecule has 2 nitrogen and oxygen atoms in total. The third-order valence-electron chi connectivity index (χ3n) is 2.82. The molecule has 0 amide bonds. The first-order chi connectivity index (χ1) is 4.18. The maximum Gasteiger partial charge on any atom is 0.0436 e. The maximum absolute atomic E-state index is 8.63. The summed E-state index contributed by atoms with van der Waals surface area (Å²) in [6.45, 7) is 0.343. The minimum absolute atomic E-state index is 0. The van der Waals surface area contributed by atoms with Gasteiger partial charge in [0.05, 0.1) is 0 Å². The van der Waals surface area contributed by atoms with Crippen LogP contribution in [-0.4, -0.2) is 17.3 Å². The highest BCUT2D eigenvalue weighted by Gasteiger charge is 2.64. The van der Waals surface area contributed by atoms with Gasteiger partial charge >= 0.3 is 0 Å². The smallest absolute Gasteiger partial charge is 0.0436 e. The molecule has 3 N–H and O–H groups in total. The summed E-state index contributed by atoms with van der Waals surface area (Å²) in [6, 6.07) is 0. The van der Waals surface area contributed by atoms with Crippen LogP contribution >= 0.6 is 12.4 Å². The highest BCUT2D eigenvalue weighted by Crippen LogP contribution is 2.67. The van der Waals surface area contributed by atoms with Crippen molar-refractivity contribution in [2.75, 3.05) is 6.61 Å². The number of halogens is 1. The zero-order chi connectivity index (χ0) is 6.54. The molecule has 0 radical (unpaired) electrons. The first-order valence-electron chi connectivity index (χ1n) is 3.58. The van der Waals surface area contributed by atoms with Gasteiger partial charge in [0, 0.05) is 12.1 Å². The molecule has 0 heterocycles. The molecule has 60 valence electrons. The molecule has 3 rings (SSSR count). The number of hydrogen-bond acceptors (Lipinski definition) is 2. The van der Waals surface area contributed by atoms with Crippen LogP contribution in [0.15, 0.2) is 0 Å². The molecule has 10 heavy (non-hydrogen) atoms. The van der Waals surface area contributed by atoms with Crippen LogP contribution in [0.1, 0.15) is 25.7 Å². The predicted molar refractivity (Wildman–Crippen MR) is 42.2 cm³/mol. The van der Waals surface area contributed by atoms with Crippen molar-refractivity contribution in [1.82, 2.24) is 0 Å². The van der Waals surface area contributed by atoms with Gasteiger partial charge in [0.25, 0.3) is 0 Å². The fraction of sp³-hybridized carbons (Fsp3) is 1.00. The standard InChI is InChI=1S/C7H13NO.ClH/c8-7-3-6(4-7,5-7)1-2-9;/h9H,1-5,8H2;1H. The van der Waals surface area contributed by atoms with Gasteiger partial charge in [-0.25, -0.2) is 0 Å². The van der Waals surface area contributed by atoms with Crippen molar-refractivity contribution >= 4 is 12.4 Å². The Morgan fingerprint density at radius 3 is 2.10 bits per heavy atom. The van der Waals surface area contributed by atoms with Crippen molar-refractivity contribution in [2.24, 2.45) is 11.1 Å². The second-order valence-electron chi connectivity index (χ2n) is 3.87. The quantitative estimate of drug-likeness (QED) is 0.629. The van der Waals surface area contributed by atoms with E-state index in [4.69, 9.17) is 10.8 Å². The summed E-state index contributed by atoms with van der Waals surface area (Å²) in [4.78, 5) is 0. The molecule has 3 heteroatoms. The van der Waals surface area contributed by atoms with E-state index in [-0.39, 0.29) is 17.9 Å². The summed E-state index contributed by atoms with van der Waals surface area (Å²) in [5, 5.41) is 8.63. The molecule has 3 aliphatic carbocycles. The molecule has 0 unspecified atom stereocenters. The van der Waals surface area contributed by atoms with Crippen LogP contribution in [0.4, 0.5) is 0 Å². The lowest BCUT2D eigenvalue weighted by molar-refractivity contribution is -0.142. The molecule has 0 aromatic heterocycles. The van der Waals surface area contributed by atoms with Gasteiger partial charge in [-0.1, -0.05) is 0 Å². The molecule has 0 spiro atoms. The third kappa shape index (κ3) is 0.865. The Balaban J connectivity index is 0.000000500. The summed E-state index contributed by atoms with van der Waals surface area (Å²) >= 11 is 0. The molecular weight excluding hydrogens is 150 g/mol. The van der Waals surface area contributed by atoms with Crippen LogP contribution < -0.4 is 5.73 Å². The normalized spacial score (nSPS) is 48.6. The summed E-state index contributed by atoms with van der Waals surface area (Å²) in [5.74, 6) is 0. The average molecular weight is 164 g/mol. The average Bonchev–Trinajstić information content (AvgIpc) is 1.60. The van der Waals surface area contributed by atoms with Crippen molar-refractivity contribution < 1.29 is 5.11 Å². The van der Waals surface area contributed by atoms with Gasteiger partial charge < -0.3 is 10.8 Å². The SMILES string of the molecule is Cl.NC12CC(CCO)(C1)C2. The predicted octanol–water partition coefficient (Wildman–Crippen LogP) is 0.672. The molecule has 2 bridgehead atoms. The molecule has 3 saturated carbocycles. The highest BCUT2D eigenvalue weighted by atomic mass is 35.5. The first-order valence-corrected chi connectivity index (χ1v) is 3.58. The van der Waals surface area contributed by atoms with E-state index >= 15 is 0 Å². The Hall–Kier alpha value is 0.210. The molecule has 0 aliphatic heterocycles. The molecule has 0 saturated heterocycles. The number of nitrogens with two attached hydrogens (primary N) is 1. The number of hydrogen-bond donors (Lipinski definition) is 2. The fourth-order valence-electron chi connectivity index (χ4n) is 2.59. The minimum Gasteiger partial charge on any atom is -0.396 e. The van der Waals surface area contributed by atoms with Gasteiger partial charge in [-0.3, -0.25) is 0 Å². The van der Waals surface area contributed by atoms with Crippen LogP contribution in [0, 0.1) is 5.41 Å². The monoisotopic (exact) mass is 163 g/mol. The van der Waals surface area contributed by atoms with Crippen LogP contribution in [-0.2, 0) is 0 Å². The van der Waals surface area contributed by atoms with Crippen LogP contribution in [0.3, 0.4) is 0 Å². The van der Waals surface area contributed by atoms with Crippen molar-refractivity contribution in [3.8, 4) is 0 Å². The minimum atomic E-state index is 0. The van der Waals surface area contributed by atoms with Gasteiger partial charge in [-0.05, 0) is 31.1 Å². The number of aliphatic hydroxyl groups excluding tert-OH is 1. The second-order valence-corrected chi connectivity index (χ2v) is 3.87. The first kappa shape index (κ1) is 8.31. The maximum atomic E-state index is 8.63. The summed E-state index contributed by atoms with van der Waals surface area (Å²) in [7, 11) is 0. The number of rotatable bonds is 2. The zero-order valence-electron chi connectivity index (χ0n) is 5.97. The molecule has 3 aliphatic rings. The van der Waals surface area contributed by atoms with Gasteiger partial charge in [-0.2, -0.15) is 0 Å². The lowest BCUT2D eigenvalue weighted by Crippen LogP contribution is -2.72. The van der Waals surface area contributed by atoms with E-state index < -0.39 is 0 Å². The van der Waals surface area contributed by atoms with Crippen molar-refractivity contribution in [1.29, 1.82) is 0 Å². The Bertz CT molecular complexity index is 123. The van der Waals surface area contributed by atoms with Gasteiger partial charge in [-0.15, -0.1) is 12.4 Å². The molecular formula is C7H14ClNO. The molecule has 0 aromatic carbocycles. The summed E-state index contributed by atoms with van der Waals surface area (Å²) in [5.41, 5.74) is 6.54. The molecule has 0 atom stereocenters. The summed E-state index contributed by atoms with van der Waals surface area (Å²) in [6.07, 6.45) is 4.48. The van der Waals surface area contributed by atoms with E-state index in [0.717, 1.165) is 6.42 Å². The van der Waals surface area contributed by atoms with E-state index in [2.05, 4.69) is 0 Å².